The van der Waals surface area contributed by atoms with Gasteiger partial charge in [-0.15, -0.1) is 0 Å². The molecular weight excluding hydrogens is 248 g/mol. The van der Waals surface area contributed by atoms with Gasteiger partial charge in [-0.1, -0.05) is 13.0 Å². The van der Waals surface area contributed by atoms with Crippen molar-refractivity contribution < 1.29 is 0 Å². The first-order valence-corrected chi connectivity index (χ1v) is 7.72. The summed E-state index contributed by atoms with van der Waals surface area (Å²) in [5, 5.41) is 3.32. The molecule has 1 saturated heterocycles. The lowest BCUT2D eigenvalue weighted by Gasteiger charge is -2.25. The Bertz CT molecular complexity index is 390. The summed E-state index contributed by atoms with van der Waals surface area (Å²) >= 11 is 0. The number of nitrogens with zero attached hydrogens (tertiary/aromatic N) is 3. The van der Waals surface area contributed by atoms with Crippen LogP contribution in [-0.4, -0.2) is 54.6 Å². The lowest BCUT2D eigenvalue weighted by molar-refractivity contribution is 0.214. The van der Waals surface area contributed by atoms with Crippen molar-refractivity contribution in [3.63, 3.8) is 0 Å². The van der Waals surface area contributed by atoms with Gasteiger partial charge in [0.1, 0.15) is 0 Å². The van der Waals surface area contributed by atoms with E-state index in [0.29, 0.717) is 6.04 Å². The van der Waals surface area contributed by atoms with E-state index >= 15 is 0 Å². The van der Waals surface area contributed by atoms with Gasteiger partial charge in [0, 0.05) is 31.9 Å². The van der Waals surface area contributed by atoms with Gasteiger partial charge in [0.25, 0.3) is 0 Å². The van der Waals surface area contributed by atoms with Crippen molar-refractivity contribution in [2.45, 2.75) is 38.9 Å². The van der Waals surface area contributed by atoms with Crippen LogP contribution >= 0.6 is 0 Å². The largest absolute Gasteiger partial charge is 0.313 e. The van der Waals surface area contributed by atoms with Crippen molar-refractivity contribution in [1.29, 1.82) is 0 Å². The van der Waals surface area contributed by atoms with E-state index in [1.807, 2.05) is 6.20 Å². The summed E-state index contributed by atoms with van der Waals surface area (Å²) in [4.78, 5) is 9.43. The second kappa shape index (κ2) is 7.72. The molecule has 0 saturated carbocycles. The van der Waals surface area contributed by atoms with E-state index < -0.39 is 0 Å². The van der Waals surface area contributed by atoms with Gasteiger partial charge in [-0.2, -0.15) is 0 Å². The Balaban J connectivity index is 1.80. The van der Waals surface area contributed by atoms with Crippen molar-refractivity contribution in [1.82, 2.24) is 20.1 Å². The van der Waals surface area contributed by atoms with Crippen LogP contribution in [-0.2, 0) is 13.1 Å². The Morgan fingerprint density at radius 3 is 2.90 bits per heavy atom. The molecule has 1 aliphatic heterocycles. The third kappa shape index (κ3) is 4.54. The number of likely N-dealkylation sites (tertiary alicyclic amines) is 1. The van der Waals surface area contributed by atoms with Gasteiger partial charge in [-0.3, -0.25) is 9.88 Å². The lowest BCUT2D eigenvalue weighted by atomic mass is 10.2. The summed E-state index contributed by atoms with van der Waals surface area (Å²) in [6.45, 7) is 7.35. The minimum atomic E-state index is 0.716. The van der Waals surface area contributed by atoms with Crippen LogP contribution in [0.4, 0.5) is 0 Å². The number of pyridine rings is 1. The Labute approximate surface area is 123 Å². The highest BCUT2D eigenvalue weighted by atomic mass is 15.2. The predicted octanol–water partition coefficient (Wildman–Crippen LogP) is 1.72. The zero-order valence-corrected chi connectivity index (χ0v) is 13.1. The predicted molar refractivity (Wildman–Crippen MR) is 83.6 cm³/mol. The minimum absolute atomic E-state index is 0.716. The molecule has 0 amide bonds. The topological polar surface area (TPSA) is 31.4 Å². The molecule has 1 aromatic rings. The molecule has 1 unspecified atom stereocenters. The highest BCUT2D eigenvalue weighted by Gasteiger charge is 2.21. The first-order chi connectivity index (χ1) is 9.69. The zero-order valence-electron chi connectivity index (χ0n) is 13.1. The first kappa shape index (κ1) is 15.4. The Morgan fingerprint density at radius 1 is 1.45 bits per heavy atom. The number of likely N-dealkylation sites (N-methyl/N-ethyl adjacent to an activating group) is 2. The quantitative estimate of drug-likeness (QED) is 0.821. The van der Waals surface area contributed by atoms with Crippen LogP contribution in [0.1, 0.15) is 31.0 Å². The molecule has 1 fully saturated rings. The Hall–Kier alpha value is -0.970. The minimum Gasteiger partial charge on any atom is -0.313 e. The van der Waals surface area contributed by atoms with E-state index in [2.05, 4.69) is 53.3 Å². The van der Waals surface area contributed by atoms with Gasteiger partial charge in [0.2, 0.25) is 0 Å². The second-order valence-corrected chi connectivity index (χ2v) is 5.91. The number of hydrogen-bond acceptors (Lipinski definition) is 4. The molecule has 1 aromatic heterocycles. The third-order valence-corrected chi connectivity index (χ3v) is 4.09. The monoisotopic (exact) mass is 276 g/mol. The van der Waals surface area contributed by atoms with Gasteiger partial charge < -0.3 is 10.2 Å². The molecule has 2 heterocycles. The highest BCUT2D eigenvalue weighted by molar-refractivity contribution is 5.13. The third-order valence-electron chi connectivity index (χ3n) is 4.09. The molecule has 1 N–H and O–H groups in total. The number of aromatic nitrogens is 1. The smallest absolute Gasteiger partial charge is 0.0544 e. The summed E-state index contributed by atoms with van der Waals surface area (Å²) in [5.41, 5.74) is 2.42. The zero-order chi connectivity index (χ0) is 14.4. The van der Waals surface area contributed by atoms with E-state index in [4.69, 9.17) is 0 Å². The van der Waals surface area contributed by atoms with Crippen LogP contribution in [0, 0.1) is 0 Å². The molecule has 0 radical (unpaired) electrons. The summed E-state index contributed by atoms with van der Waals surface area (Å²) in [6, 6.07) is 5.05. The summed E-state index contributed by atoms with van der Waals surface area (Å²) in [6.07, 6.45) is 4.66. The van der Waals surface area contributed by atoms with Crippen molar-refractivity contribution in [2.24, 2.45) is 0 Å². The van der Waals surface area contributed by atoms with Crippen molar-refractivity contribution >= 4 is 0 Å². The second-order valence-electron chi connectivity index (χ2n) is 5.91. The molecule has 112 valence electrons. The van der Waals surface area contributed by atoms with Gasteiger partial charge in [-0.05, 0) is 51.7 Å². The molecule has 2 rings (SSSR count). The fraction of sp³-hybridized carbons (Fsp3) is 0.688. The van der Waals surface area contributed by atoms with Crippen molar-refractivity contribution in [3.05, 3.63) is 29.6 Å². The normalized spacial score (nSPS) is 19.9. The van der Waals surface area contributed by atoms with Crippen LogP contribution < -0.4 is 5.32 Å². The molecule has 0 aromatic carbocycles. The number of hydrogen-bond donors (Lipinski definition) is 1. The average Bonchev–Trinajstić information content (AvgIpc) is 2.83. The average molecular weight is 276 g/mol. The van der Waals surface area contributed by atoms with Crippen molar-refractivity contribution in [2.75, 3.05) is 33.7 Å². The fourth-order valence-corrected chi connectivity index (χ4v) is 2.83. The maximum Gasteiger partial charge on any atom is 0.0544 e. The fourth-order valence-electron chi connectivity index (χ4n) is 2.83. The van der Waals surface area contributed by atoms with E-state index in [1.165, 1.54) is 24.9 Å². The van der Waals surface area contributed by atoms with E-state index in [0.717, 1.165) is 31.9 Å². The van der Waals surface area contributed by atoms with Gasteiger partial charge >= 0.3 is 0 Å². The maximum atomic E-state index is 4.57. The molecular formula is C16H28N4. The number of nitrogens with one attached hydrogen (secondary N) is 1. The van der Waals surface area contributed by atoms with Crippen LogP contribution in [0.5, 0.6) is 0 Å². The maximum absolute atomic E-state index is 4.57. The van der Waals surface area contributed by atoms with E-state index in [9.17, 15) is 0 Å². The summed E-state index contributed by atoms with van der Waals surface area (Å²) in [7, 11) is 4.43. The molecule has 20 heavy (non-hydrogen) atoms. The SMILES string of the molecule is CCNCc1ccc(CN(C)CC2CCCN2C)nc1. The van der Waals surface area contributed by atoms with Crippen molar-refractivity contribution in [3.8, 4) is 0 Å². The van der Waals surface area contributed by atoms with E-state index in [-0.39, 0.29) is 0 Å². The molecule has 4 heteroatoms. The van der Waals surface area contributed by atoms with Crippen LogP contribution in [0.3, 0.4) is 0 Å². The number of rotatable bonds is 7. The first-order valence-electron chi connectivity index (χ1n) is 7.72. The molecule has 0 aliphatic carbocycles. The summed E-state index contributed by atoms with van der Waals surface area (Å²) in [5.74, 6) is 0. The standard InChI is InChI=1S/C16H28N4/c1-4-17-10-14-7-8-15(18-11-14)12-19(2)13-16-6-5-9-20(16)3/h7-8,11,16-17H,4-6,9-10,12-13H2,1-3H3. The van der Waals surface area contributed by atoms with Crippen LogP contribution in [0.25, 0.3) is 0 Å². The Kier molecular flexibility index (Phi) is 5.95. The van der Waals surface area contributed by atoms with E-state index in [1.54, 1.807) is 0 Å². The molecule has 0 spiro atoms. The van der Waals surface area contributed by atoms with Gasteiger partial charge in [0.15, 0.2) is 0 Å². The van der Waals surface area contributed by atoms with Gasteiger partial charge in [-0.25, -0.2) is 0 Å². The lowest BCUT2D eigenvalue weighted by Crippen LogP contribution is -2.36. The molecule has 1 atom stereocenters. The molecule has 4 nitrogen and oxygen atoms in total. The Morgan fingerprint density at radius 2 is 2.30 bits per heavy atom. The molecule has 1 aliphatic rings. The van der Waals surface area contributed by atoms with Crippen LogP contribution in [0.2, 0.25) is 0 Å². The highest BCUT2D eigenvalue weighted by Crippen LogP contribution is 2.16. The summed E-state index contributed by atoms with van der Waals surface area (Å²) < 4.78 is 0. The van der Waals surface area contributed by atoms with Crippen LogP contribution in [0.15, 0.2) is 18.3 Å². The van der Waals surface area contributed by atoms with Gasteiger partial charge in [0.05, 0.1) is 5.69 Å². The molecule has 0 bridgehead atoms.